The Kier molecular flexibility index (Phi) is 4.54. The van der Waals surface area contributed by atoms with E-state index in [1.165, 1.54) is 0 Å². The van der Waals surface area contributed by atoms with Crippen molar-refractivity contribution in [3.63, 3.8) is 0 Å². The van der Waals surface area contributed by atoms with E-state index in [4.69, 9.17) is 0 Å². The van der Waals surface area contributed by atoms with Gasteiger partial charge in [-0.2, -0.15) is 11.3 Å². The van der Waals surface area contributed by atoms with Gasteiger partial charge in [0.1, 0.15) is 5.82 Å². The minimum Gasteiger partial charge on any atom is -0.306 e. The molecule has 0 spiro atoms. The number of nitrogens with one attached hydrogen (secondary N) is 1. The van der Waals surface area contributed by atoms with Crippen molar-refractivity contribution in [2.24, 2.45) is 0 Å². The summed E-state index contributed by atoms with van der Waals surface area (Å²) in [5.74, 6) is -0.181. The summed E-state index contributed by atoms with van der Waals surface area (Å²) < 4.78 is 14.6. The Bertz CT molecular complexity index is 518. The maximum atomic E-state index is 13.5. The molecule has 0 saturated heterocycles. The second-order valence-corrected chi connectivity index (χ2v) is 5.83. The molecule has 0 radical (unpaired) electrons. The van der Waals surface area contributed by atoms with Gasteiger partial charge in [0.2, 0.25) is 0 Å². The molecule has 0 amide bonds. The van der Waals surface area contributed by atoms with Crippen LogP contribution in [-0.2, 0) is 0 Å². The number of halogens is 2. The summed E-state index contributed by atoms with van der Waals surface area (Å²) in [6, 6.07) is 5.21. The third-order valence-electron chi connectivity index (χ3n) is 2.76. The number of rotatable bonds is 4. The molecule has 1 unspecified atom stereocenters. The third kappa shape index (κ3) is 2.99. The molecule has 1 aromatic carbocycles. The summed E-state index contributed by atoms with van der Waals surface area (Å²) in [5, 5.41) is 7.55. The smallest absolute Gasteiger partial charge is 0.123 e. The zero-order valence-electron chi connectivity index (χ0n) is 10.3. The van der Waals surface area contributed by atoms with Crippen LogP contribution in [0.2, 0.25) is 0 Å². The highest BCUT2D eigenvalue weighted by molar-refractivity contribution is 9.10. The molecule has 1 atom stereocenters. The van der Waals surface area contributed by atoms with Gasteiger partial charge in [-0.05, 0) is 63.6 Å². The van der Waals surface area contributed by atoms with Crippen molar-refractivity contribution in [1.82, 2.24) is 5.32 Å². The molecule has 0 bridgehead atoms. The third-order valence-corrected chi connectivity index (χ3v) is 4.51. The van der Waals surface area contributed by atoms with Gasteiger partial charge < -0.3 is 5.32 Å². The van der Waals surface area contributed by atoms with E-state index in [2.05, 4.69) is 33.6 Å². The summed E-state index contributed by atoms with van der Waals surface area (Å²) in [5.41, 5.74) is 3.07. The van der Waals surface area contributed by atoms with Crippen LogP contribution in [0.3, 0.4) is 0 Å². The van der Waals surface area contributed by atoms with Gasteiger partial charge in [0, 0.05) is 9.85 Å². The first-order valence-electron chi connectivity index (χ1n) is 5.84. The minimum absolute atomic E-state index is 0.0324. The number of hydrogen-bond acceptors (Lipinski definition) is 2. The molecule has 0 aliphatic heterocycles. The molecule has 4 heteroatoms. The zero-order valence-corrected chi connectivity index (χ0v) is 12.7. The van der Waals surface area contributed by atoms with Gasteiger partial charge in [-0.25, -0.2) is 4.39 Å². The van der Waals surface area contributed by atoms with E-state index < -0.39 is 0 Å². The average Bonchev–Trinajstić information content (AvgIpc) is 2.71. The van der Waals surface area contributed by atoms with Crippen LogP contribution in [0, 0.1) is 12.7 Å². The Morgan fingerprint density at radius 3 is 2.67 bits per heavy atom. The van der Waals surface area contributed by atoms with E-state index in [0.717, 1.165) is 27.7 Å². The van der Waals surface area contributed by atoms with Crippen molar-refractivity contribution in [1.29, 1.82) is 0 Å². The molecule has 1 aromatic heterocycles. The van der Waals surface area contributed by atoms with Crippen LogP contribution in [-0.4, -0.2) is 6.54 Å². The van der Waals surface area contributed by atoms with Crippen LogP contribution in [0.4, 0.5) is 4.39 Å². The van der Waals surface area contributed by atoms with E-state index >= 15 is 0 Å². The fraction of sp³-hybridized carbons (Fsp3) is 0.286. The van der Waals surface area contributed by atoms with Gasteiger partial charge in [-0.3, -0.25) is 0 Å². The predicted molar refractivity (Wildman–Crippen MR) is 78.7 cm³/mol. The summed E-state index contributed by atoms with van der Waals surface area (Å²) in [4.78, 5) is 0. The Labute approximate surface area is 119 Å². The van der Waals surface area contributed by atoms with Crippen molar-refractivity contribution >= 4 is 27.3 Å². The SMILES string of the molecule is CCNC(c1cc(C)cc(F)c1)c1cscc1Br. The van der Waals surface area contributed by atoms with Crippen LogP contribution in [0.1, 0.15) is 29.7 Å². The van der Waals surface area contributed by atoms with Gasteiger partial charge in [0.05, 0.1) is 6.04 Å². The maximum absolute atomic E-state index is 13.5. The molecule has 1 N–H and O–H groups in total. The fourth-order valence-corrected chi connectivity index (χ4v) is 3.59. The highest BCUT2D eigenvalue weighted by Crippen LogP contribution is 2.32. The topological polar surface area (TPSA) is 12.0 Å². The Morgan fingerprint density at radius 1 is 1.33 bits per heavy atom. The largest absolute Gasteiger partial charge is 0.306 e. The van der Waals surface area contributed by atoms with Crippen molar-refractivity contribution in [2.75, 3.05) is 6.54 Å². The number of benzene rings is 1. The lowest BCUT2D eigenvalue weighted by Crippen LogP contribution is -2.22. The molecular formula is C14H15BrFNS. The average molecular weight is 328 g/mol. The standard InChI is InChI=1S/C14H15BrFNS/c1-3-17-14(12-7-18-8-13(12)15)10-4-9(2)5-11(16)6-10/h4-8,14,17H,3H2,1-2H3. The van der Waals surface area contributed by atoms with Gasteiger partial charge >= 0.3 is 0 Å². The van der Waals surface area contributed by atoms with Crippen LogP contribution in [0.25, 0.3) is 0 Å². The molecule has 0 aliphatic carbocycles. The van der Waals surface area contributed by atoms with Crippen molar-refractivity contribution in [3.8, 4) is 0 Å². The van der Waals surface area contributed by atoms with Gasteiger partial charge in [-0.15, -0.1) is 0 Å². The van der Waals surface area contributed by atoms with Gasteiger partial charge in [-0.1, -0.05) is 13.0 Å². The second-order valence-electron chi connectivity index (χ2n) is 4.23. The molecule has 18 heavy (non-hydrogen) atoms. The van der Waals surface area contributed by atoms with E-state index in [9.17, 15) is 4.39 Å². The molecule has 0 fully saturated rings. The molecule has 96 valence electrons. The number of thiophene rings is 1. The highest BCUT2D eigenvalue weighted by atomic mass is 79.9. The summed E-state index contributed by atoms with van der Waals surface area (Å²) in [6.45, 7) is 4.81. The lowest BCUT2D eigenvalue weighted by Gasteiger charge is -2.19. The van der Waals surface area contributed by atoms with Gasteiger partial charge in [0.15, 0.2) is 0 Å². The molecule has 2 rings (SSSR count). The summed E-state index contributed by atoms with van der Waals surface area (Å²) in [6.07, 6.45) is 0. The Balaban J connectivity index is 2.44. The van der Waals surface area contributed by atoms with E-state index in [-0.39, 0.29) is 11.9 Å². The van der Waals surface area contributed by atoms with Gasteiger partial charge in [0.25, 0.3) is 0 Å². The minimum atomic E-state index is -0.181. The monoisotopic (exact) mass is 327 g/mol. The maximum Gasteiger partial charge on any atom is 0.123 e. The molecule has 1 heterocycles. The predicted octanol–water partition coefficient (Wildman–Crippen LogP) is 4.66. The lowest BCUT2D eigenvalue weighted by molar-refractivity contribution is 0.602. The first-order valence-corrected chi connectivity index (χ1v) is 7.57. The lowest BCUT2D eigenvalue weighted by atomic mass is 9.99. The fourth-order valence-electron chi connectivity index (χ4n) is 2.04. The molecule has 1 nitrogen and oxygen atoms in total. The first kappa shape index (κ1) is 13.7. The van der Waals surface area contributed by atoms with Crippen LogP contribution in [0.15, 0.2) is 33.4 Å². The van der Waals surface area contributed by atoms with Crippen molar-refractivity contribution < 1.29 is 4.39 Å². The van der Waals surface area contributed by atoms with Crippen LogP contribution >= 0.6 is 27.3 Å². The van der Waals surface area contributed by atoms with E-state index in [0.29, 0.717) is 0 Å². The molecule has 0 saturated carbocycles. The summed E-state index contributed by atoms with van der Waals surface area (Å²) >= 11 is 5.19. The zero-order chi connectivity index (χ0) is 13.1. The Morgan fingerprint density at radius 2 is 2.11 bits per heavy atom. The normalized spacial score (nSPS) is 12.7. The molecule has 0 aliphatic rings. The quantitative estimate of drug-likeness (QED) is 0.861. The molecular weight excluding hydrogens is 313 g/mol. The Hall–Kier alpha value is -0.710. The first-order chi connectivity index (χ1) is 8.61. The van der Waals surface area contributed by atoms with Crippen molar-refractivity contribution in [2.45, 2.75) is 19.9 Å². The van der Waals surface area contributed by atoms with Crippen LogP contribution in [0.5, 0.6) is 0 Å². The number of hydrogen-bond donors (Lipinski definition) is 1. The van der Waals surface area contributed by atoms with E-state index in [1.54, 1.807) is 23.5 Å². The molecule has 2 aromatic rings. The second kappa shape index (κ2) is 5.95. The van der Waals surface area contributed by atoms with Crippen molar-refractivity contribution in [3.05, 3.63) is 55.9 Å². The summed E-state index contributed by atoms with van der Waals surface area (Å²) in [7, 11) is 0. The number of aryl methyl sites for hydroxylation is 1. The highest BCUT2D eigenvalue weighted by Gasteiger charge is 2.17. The van der Waals surface area contributed by atoms with E-state index in [1.807, 2.05) is 18.4 Å². The van der Waals surface area contributed by atoms with Crippen LogP contribution < -0.4 is 5.32 Å².